The summed E-state index contributed by atoms with van der Waals surface area (Å²) in [6, 6.07) is 0. The minimum Gasteiger partial charge on any atom is -0.373 e. The second kappa shape index (κ2) is 7.11. The molecule has 1 aromatic heterocycles. The fraction of sp³-hybridized carbons (Fsp3) is 0.545. The molecule has 0 aliphatic rings. The summed E-state index contributed by atoms with van der Waals surface area (Å²) < 4.78 is 0. The maximum absolute atomic E-state index is 11.4. The molecule has 0 radical (unpaired) electrons. The lowest BCUT2D eigenvalue weighted by Crippen LogP contribution is -2.24. The van der Waals surface area contributed by atoms with E-state index in [0.717, 1.165) is 22.8 Å². The summed E-state index contributed by atoms with van der Waals surface area (Å²) in [6.45, 7) is 4.62. The Kier molecular flexibility index (Phi) is 5.76. The summed E-state index contributed by atoms with van der Waals surface area (Å²) >= 11 is 1.45. The maximum Gasteiger partial charge on any atom is 0.230 e. The predicted molar refractivity (Wildman–Crippen MR) is 70.4 cm³/mol. The van der Waals surface area contributed by atoms with Crippen molar-refractivity contribution in [2.75, 3.05) is 24.7 Å². The van der Waals surface area contributed by atoms with Crippen LogP contribution in [0.25, 0.3) is 0 Å². The van der Waals surface area contributed by atoms with E-state index in [-0.39, 0.29) is 5.91 Å². The fourth-order valence-corrected chi connectivity index (χ4v) is 2.34. The van der Waals surface area contributed by atoms with E-state index >= 15 is 0 Å². The minimum absolute atomic E-state index is 0.0316. The van der Waals surface area contributed by atoms with E-state index < -0.39 is 0 Å². The van der Waals surface area contributed by atoms with Gasteiger partial charge in [0.2, 0.25) is 5.91 Å². The normalized spacial score (nSPS) is 10.1. The molecule has 1 rings (SSSR count). The number of hydrogen-bond acceptors (Lipinski definition) is 5. The first-order valence-corrected chi connectivity index (χ1v) is 6.62. The van der Waals surface area contributed by atoms with Crippen LogP contribution in [0.3, 0.4) is 0 Å². The smallest absolute Gasteiger partial charge is 0.230 e. The van der Waals surface area contributed by atoms with Gasteiger partial charge in [0.05, 0.1) is 5.75 Å². The third-order valence-corrected chi connectivity index (χ3v) is 3.24. The van der Waals surface area contributed by atoms with Crippen molar-refractivity contribution < 1.29 is 4.79 Å². The van der Waals surface area contributed by atoms with Gasteiger partial charge in [-0.1, -0.05) is 18.7 Å². The Labute approximate surface area is 106 Å². The summed E-state index contributed by atoms with van der Waals surface area (Å²) in [5.41, 5.74) is 1.06. The van der Waals surface area contributed by atoms with Crippen LogP contribution < -0.4 is 10.6 Å². The molecule has 6 heteroatoms. The Hall–Kier alpha value is -1.30. The molecule has 17 heavy (non-hydrogen) atoms. The molecule has 0 atom stereocenters. The number of nitrogens with one attached hydrogen (secondary N) is 2. The predicted octanol–water partition coefficient (Wildman–Crippen LogP) is 1.31. The Balaban J connectivity index is 2.73. The summed E-state index contributed by atoms with van der Waals surface area (Å²) in [6.07, 6.45) is 2.36. The van der Waals surface area contributed by atoms with E-state index in [1.54, 1.807) is 0 Å². The lowest BCUT2D eigenvalue weighted by molar-refractivity contribution is -0.118. The molecule has 0 saturated carbocycles. The first-order valence-electron chi connectivity index (χ1n) is 5.64. The average molecular weight is 254 g/mol. The molecule has 5 nitrogen and oxygen atoms in total. The molecule has 0 saturated heterocycles. The first kappa shape index (κ1) is 13.8. The van der Waals surface area contributed by atoms with Crippen molar-refractivity contribution in [2.24, 2.45) is 0 Å². The first-order chi connectivity index (χ1) is 8.22. The second-order valence-electron chi connectivity index (χ2n) is 3.35. The molecule has 2 N–H and O–H groups in total. The van der Waals surface area contributed by atoms with Crippen LogP contribution in [0.15, 0.2) is 11.4 Å². The number of amides is 1. The monoisotopic (exact) mass is 254 g/mol. The number of anilines is 1. The molecule has 0 aromatic carbocycles. The summed E-state index contributed by atoms with van der Waals surface area (Å²) in [5, 5.41) is 6.67. The molecule has 1 amide bonds. The highest BCUT2D eigenvalue weighted by molar-refractivity contribution is 7.99. The van der Waals surface area contributed by atoms with Crippen molar-refractivity contribution in [1.82, 2.24) is 15.3 Å². The van der Waals surface area contributed by atoms with E-state index in [0.29, 0.717) is 12.3 Å². The van der Waals surface area contributed by atoms with Gasteiger partial charge in [0.1, 0.15) is 17.2 Å². The van der Waals surface area contributed by atoms with Crippen LogP contribution in [-0.4, -0.2) is 35.2 Å². The Morgan fingerprint density at radius 3 is 2.76 bits per heavy atom. The third-order valence-electron chi connectivity index (χ3n) is 2.21. The average Bonchev–Trinajstić information content (AvgIpc) is 2.36. The summed E-state index contributed by atoms with van der Waals surface area (Å²) in [4.78, 5) is 19.8. The van der Waals surface area contributed by atoms with E-state index in [1.807, 2.05) is 14.0 Å². The van der Waals surface area contributed by atoms with Crippen LogP contribution in [0.4, 0.5) is 5.82 Å². The maximum atomic E-state index is 11.4. The van der Waals surface area contributed by atoms with Crippen molar-refractivity contribution in [3.8, 4) is 0 Å². The molecule has 0 aliphatic heterocycles. The quantitative estimate of drug-likeness (QED) is 0.592. The molecule has 0 bridgehead atoms. The van der Waals surface area contributed by atoms with E-state index in [4.69, 9.17) is 0 Å². The minimum atomic E-state index is 0.0316. The number of hydrogen-bond donors (Lipinski definition) is 2. The van der Waals surface area contributed by atoms with E-state index in [9.17, 15) is 4.79 Å². The van der Waals surface area contributed by atoms with Gasteiger partial charge in [-0.15, -0.1) is 0 Å². The standard InChI is InChI=1S/C11H18N4OS/c1-4-8-10(12-3)14-7-15-11(8)17-6-9(16)13-5-2/h7H,4-6H2,1-3H3,(H,13,16)(H,12,14,15). The van der Waals surface area contributed by atoms with Crippen LogP contribution in [-0.2, 0) is 11.2 Å². The number of carbonyl (C=O) groups is 1. The van der Waals surface area contributed by atoms with E-state index in [1.165, 1.54) is 18.1 Å². The highest BCUT2D eigenvalue weighted by Crippen LogP contribution is 2.24. The van der Waals surface area contributed by atoms with Crippen LogP contribution in [0.1, 0.15) is 19.4 Å². The zero-order valence-corrected chi connectivity index (χ0v) is 11.2. The molecule has 0 aliphatic carbocycles. The largest absolute Gasteiger partial charge is 0.373 e. The SMILES string of the molecule is CCNC(=O)CSc1ncnc(NC)c1CC. The number of nitrogens with zero attached hydrogens (tertiary/aromatic N) is 2. The Morgan fingerprint density at radius 1 is 1.41 bits per heavy atom. The molecule has 94 valence electrons. The lowest BCUT2D eigenvalue weighted by Gasteiger charge is -2.10. The number of aromatic nitrogens is 2. The highest BCUT2D eigenvalue weighted by Gasteiger charge is 2.10. The zero-order valence-electron chi connectivity index (χ0n) is 10.4. The van der Waals surface area contributed by atoms with Gasteiger partial charge in [-0.3, -0.25) is 4.79 Å². The molecular weight excluding hydrogens is 236 g/mol. The number of carbonyl (C=O) groups excluding carboxylic acids is 1. The molecule has 0 spiro atoms. The molecular formula is C11H18N4OS. The van der Waals surface area contributed by atoms with Gasteiger partial charge < -0.3 is 10.6 Å². The van der Waals surface area contributed by atoms with Crippen molar-refractivity contribution in [1.29, 1.82) is 0 Å². The molecule has 0 fully saturated rings. The van der Waals surface area contributed by atoms with Crippen molar-refractivity contribution in [3.05, 3.63) is 11.9 Å². The van der Waals surface area contributed by atoms with Crippen LogP contribution in [0.5, 0.6) is 0 Å². The van der Waals surface area contributed by atoms with Gasteiger partial charge in [0.15, 0.2) is 0 Å². The van der Waals surface area contributed by atoms with Crippen molar-refractivity contribution >= 4 is 23.5 Å². The molecule has 1 aromatic rings. The fourth-order valence-electron chi connectivity index (χ4n) is 1.44. The molecule has 1 heterocycles. The van der Waals surface area contributed by atoms with Gasteiger partial charge in [0.25, 0.3) is 0 Å². The zero-order chi connectivity index (χ0) is 12.7. The van der Waals surface area contributed by atoms with Gasteiger partial charge in [-0.2, -0.15) is 0 Å². The topological polar surface area (TPSA) is 66.9 Å². The van der Waals surface area contributed by atoms with Crippen molar-refractivity contribution in [2.45, 2.75) is 25.3 Å². The van der Waals surface area contributed by atoms with Gasteiger partial charge >= 0.3 is 0 Å². The van der Waals surface area contributed by atoms with Crippen LogP contribution in [0, 0.1) is 0 Å². The third kappa shape index (κ3) is 3.89. The Morgan fingerprint density at radius 2 is 2.18 bits per heavy atom. The lowest BCUT2D eigenvalue weighted by atomic mass is 10.2. The Bertz CT molecular complexity index is 384. The van der Waals surface area contributed by atoms with Gasteiger partial charge in [-0.05, 0) is 13.3 Å². The van der Waals surface area contributed by atoms with Crippen molar-refractivity contribution in [3.63, 3.8) is 0 Å². The van der Waals surface area contributed by atoms with Crippen LogP contribution >= 0.6 is 11.8 Å². The summed E-state index contributed by atoms with van der Waals surface area (Å²) in [5.74, 6) is 1.26. The molecule has 0 unspecified atom stereocenters. The second-order valence-corrected chi connectivity index (χ2v) is 4.32. The van der Waals surface area contributed by atoms with E-state index in [2.05, 4.69) is 27.5 Å². The van der Waals surface area contributed by atoms with Gasteiger partial charge in [-0.25, -0.2) is 9.97 Å². The highest BCUT2D eigenvalue weighted by atomic mass is 32.2. The summed E-state index contributed by atoms with van der Waals surface area (Å²) in [7, 11) is 1.83. The van der Waals surface area contributed by atoms with Gasteiger partial charge in [0, 0.05) is 19.2 Å². The number of thioether (sulfide) groups is 1. The number of rotatable bonds is 6. The van der Waals surface area contributed by atoms with Crippen LogP contribution in [0.2, 0.25) is 0 Å².